The van der Waals surface area contributed by atoms with E-state index in [9.17, 15) is 0 Å². The van der Waals surface area contributed by atoms with Gasteiger partial charge in [-0.25, -0.2) is 4.98 Å². The minimum absolute atomic E-state index is 0.451. The van der Waals surface area contributed by atoms with E-state index in [1.54, 1.807) is 12.3 Å². The quantitative estimate of drug-likeness (QED) is 0.797. The molecule has 1 aromatic carbocycles. The summed E-state index contributed by atoms with van der Waals surface area (Å²) >= 11 is 11.8. The second-order valence-electron chi connectivity index (χ2n) is 2.97. The summed E-state index contributed by atoms with van der Waals surface area (Å²) in [6.45, 7) is 0. The zero-order chi connectivity index (χ0) is 10.7. The van der Waals surface area contributed by atoms with Gasteiger partial charge in [0.15, 0.2) is 0 Å². The molecule has 0 aliphatic carbocycles. The minimum atomic E-state index is 0.451. The summed E-state index contributed by atoms with van der Waals surface area (Å²) in [5.74, 6) is 0. The lowest BCUT2D eigenvalue weighted by atomic mass is 10.3. The Balaban J connectivity index is 2.26. The summed E-state index contributed by atoms with van der Waals surface area (Å²) in [5, 5.41) is 4.28. The van der Waals surface area contributed by atoms with Crippen molar-refractivity contribution in [2.45, 2.75) is 0 Å². The molecule has 2 aromatic rings. The Morgan fingerprint density at radius 2 is 1.87 bits per heavy atom. The van der Waals surface area contributed by atoms with Gasteiger partial charge < -0.3 is 5.32 Å². The van der Waals surface area contributed by atoms with E-state index in [1.807, 2.05) is 30.3 Å². The predicted molar refractivity (Wildman–Crippen MR) is 64.0 cm³/mol. The van der Waals surface area contributed by atoms with Crippen LogP contribution in [-0.2, 0) is 0 Å². The average molecular weight is 239 g/mol. The van der Waals surface area contributed by atoms with Crippen LogP contribution in [-0.4, -0.2) is 4.98 Å². The van der Waals surface area contributed by atoms with Gasteiger partial charge >= 0.3 is 0 Å². The minimum Gasteiger partial charge on any atom is -0.354 e. The van der Waals surface area contributed by atoms with Gasteiger partial charge in [-0.3, -0.25) is 0 Å². The number of benzene rings is 1. The van der Waals surface area contributed by atoms with Gasteiger partial charge in [0, 0.05) is 11.9 Å². The number of hydrogen-bond acceptors (Lipinski definition) is 2. The van der Waals surface area contributed by atoms with Crippen LogP contribution in [0.4, 0.5) is 11.4 Å². The van der Waals surface area contributed by atoms with Crippen molar-refractivity contribution in [1.82, 2.24) is 4.98 Å². The maximum absolute atomic E-state index is 6.00. The van der Waals surface area contributed by atoms with Gasteiger partial charge in [-0.2, -0.15) is 0 Å². The Labute approximate surface area is 97.9 Å². The molecule has 2 rings (SSSR count). The Kier molecular flexibility index (Phi) is 3.09. The highest BCUT2D eigenvalue weighted by molar-refractivity contribution is 6.33. The molecule has 0 saturated carbocycles. The number of para-hydroxylation sites is 1. The molecule has 0 amide bonds. The Bertz CT molecular complexity index is 472. The van der Waals surface area contributed by atoms with E-state index < -0.39 is 0 Å². The van der Waals surface area contributed by atoms with Crippen molar-refractivity contribution in [3.05, 3.63) is 52.8 Å². The lowest BCUT2D eigenvalue weighted by Gasteiger charge is -2.07. The van der Waals surface area contributed by atoms with Gasteiger partial charge in [0.25, 0.3) is 0 Å². The van der Waals surface area contributed by atoms with E-state index in [0.717, 1.165) is 11.4 Å². The second-order valence-corrected chi connectivity index (χ2v) is 3.77. The van der Waals surface area contributed by atoms with Crippen LogP contribution in [0.1, 0.15) is 0 Å². The van der Waals surface area contributed by atoms with Crippen LogP contribution < -0.4 is 5.32 Å². The summed E-state index contributed by atoms with van der Waals surface area (Å²) in [7, 11) is 0. The molecule has 1 N–H and O–H groups in total. The molecular weight excluding hydrogens is 231 g/mol. The topological polar surface area (TPSA) is 24.9 Å². The van der Waals surface area contributed by atoms with Gasteiger partial charge in [0.05, 0.1) is 10.7 Å². The van der Waals surface area contributed by atoms with Crippen molar-refractivity contribution in [1.29, 1.82) is 0 Å². The first kappa shape index (κ1) is 10.3. The van der Waals surface area contributed by atoms with Crippen molar-refractivity contribution in [3.8, 4) is 0 Å². The number of hydrogen-bond donors (Lipinski definition) is 1. The van der Waals surface area contributed by atoms with E-state index in [2.05, 4.69) is 10.3 Å². The van der Waals surface area contributed by atoms with Crippen molar-refractivity contribution >= 4 is 34.6 Å². The van der Waals surface area contributed by atoms with E-state index in [0.29, 0.717) is 10.2 Å². The molecule has 0 aliphatic heterocycles. The van der Waals surface area contributed by atoms with Crippen LogP contribution in [0.5, 0.6) is 0 Å². The molecule has 76 valence electrons. The number of nitrogens with one attached hydrogen (secondary N) is 1. The first-order valence-electron chi connectivity index (χ1n) is 4.39. The van der Waals surface area contributed by atoms with Crippen LogP contribution in [0.25, 0.3) is 0 Å². The normalized spacial score (nSPS) is 10.0. The fourth-order valence-corrected chi connectivity index (χ4v) is 1.56. The third-order valence-corrected chi connectivity index (χ3v) is 2.42. The summed E-state index contributed by atoms with van der Waals surface area (Å²) in [5.41, 5.74) is 1.71. The van der Waals surface area contributed by atoms with Gasteiger partial charge in [-0.05, 0) is 24.3 Å². The molecule has 0 aliphatic rings. The zero-order valence-corrected chi connectivity index (χ0v) is 9.26. The molecule has 15 heavy (non-hydrogen) atoms. The van der Waals surface area contributed by atoms with Crippen molar-refractivity contribution in [2.24, 2.45) is 0 Å². The van der Waals surface area contributed by atoms with Gasteiger partial charge in [-0.15, -0.1) is 0 Å². The average Bonchev–Trinajstić information content (AvgIpc) is 2.22. The van der Waals surface area contributed by atoms with E-state index in [4.69, 9.17) is 23.2 Å². The molecule has 0 unspecified atom stereocenters. The molecule has 0 bridgehead atoms. The van der Waals surface area contributed by atoms with Crippen molar-refractivity contribution < 1.29 is 0 Å². The smallest absolute Gasteiger partial charge is 0.131 e. The fraction of sp³-hybridized carbons (Fsp3) is 0. The third-order valence-electron chi connectivity index (χ3n) is 1.88. The Morgan fingerprint density at radius 3 is 2.60 bits per heavy atom. The van der Waals surface area contributed by atoms with Crippen LogP contribution in [0.3, 0.4) is 0 Å². The first-order chi connectivity index (χ1) is 7.25. The Hall–Kier alpha value is -1.25. The molecular formula is C11H8Cl2N2. The molecule has 2 nitrogen and oxygen atoms in total. The second kappa shape index (κ2) is 4.51. The summed E-state index contributed by atoms with van der Waals surface area (Å²) in [6.07, 6.45) is 1.64. The van der Waals surface area contributed by atoms with Crippen LogP contribution in [0, 0.1) is 0 Å². The summed E-state index contributed by atoms with van der Waals surface area (Å²) < 4.78 is 0. The predicted octanol–water partition coefficient (Wildman–Crippen LogP) is 4.13. The molecule has 1 heterocycles. The van der Waals surface area contributed by atoms with Crippen LogP contribution >= 0.6 is 23.2 Å². The highest BCUT2D eigenvalue weighted by atomic mass is 35.5. The lowest BCUT2D eigenvalue weighted by molar-refractivity contribution is 1.32. The van der Waals surface area contributed by atoms with Gasteiger partial charge in [-0.1, -0.05) is 35.3 Å². The van der Waals surface area contributed by atoms with Crippen LogP contribution in [0.2, 0.25) is 10.2 Å². The van der Waals surface area contributed by atoms with Crippen molar-refractivity contribution in [2.75, 3.05) is 5.32 Å². The molecule has 0 radical (unpaired) electrons. The van der Waals surface area contributed by atoms with E-state index in [-0.39, 0.29) is 0 Å². The molecule has 0 saturated heterocycles. The largest absolute Gasteiger partial charge is 0.354 e. The maximum atomic E-state index is 6.00. The summed E-state index contributed by atoms with van der Waals surface area (Å²) in [4.78, 5) is 3.90. The third kappa shape index (κ3) is 2.61. The fourth-order valence-electron chi connectivity index (χ4n) is 1.20. The highest BCUT2D eigenvalue weighted by Crippen LogP contribution is 2.25. The monoisotopic (exact) mass is 238 g/mol. The standard InChI is InChI=1S/C11H8Cl2N2/c12-9-3-1-2-4-10(9)15-8-5-6-14-11(13)7-8/h1-7H,(H,14,15). The van der Waals surface area contributed by atoms with Gasteiger partial charge in [0.2, 0.25) is 0 Å². The number of pyridine rings is 1. The number of halogens is 2. The van der Waals surface area contributed by atoms with E-state index in [1.165, 1.54) is 0 Å². The Morgan fingerprint density at radius 1 is 1.07 bits per heavy atom. The molecule has 1 aromatic heterocycles. The number of aromatic nitrogens is 1. The van der Waals surface area contributed by atoms with Crippen molar-refractivity contribution in [3.63, 3.8) is 0 Å². The van der Waals surface area contributed by atoms with Gasteiger partial charge in [0.1, 0.15) is 5.15 Å². The van der Waals surface area contributed by atoms with Crippen LogP contribution in [0.15, 0.2) is 42.6 Å². The highest BCUT2D eigenvalue weighted by Gasteiger charge is 1.99. The summed E-state index contributed by atoms with van der Waals surface area (Å²) in [6, 6.07) is 11.1. The lowest BCUT2D eigenvalue weighted by Crippen LogP contribution is -1.91. The van der Waals surface area contributed by atoms with E-state index >= 15 is 0 Å². The number of anilines is 2. The molecule has 4 heteroatoms. The first-order valence-corrected chi connectivity index (χ1v) is 5.14. The molecule has 0 fully saturated rings. The SMILES string of the molecule is Clc1cc(Nc2ccccc2Cl)ccn1. The molecule has 0 spiro atoms. The number of rotatable bonds is 2. The zero-order valence-electron chi connectivity index (χ0n) is 7.74. The number of nitrogens with zero attached hydrogens (tertiary/aromatic N) is 1. The molecule has 0 atom stereocenters. The maximum Gasteiger partial charge on any atom is 0.131 e.